The molecule has 1 rings (SSSR count). The average Bonchev–Trinajstić information content (AvgIpc) is 2.01. The molecule has 82 valence electrons. The summed E-state index contributed by atoms with van der Waals surface area (Å²) < 4.78 is 0. The third-order valence-electron chi connectivity index (χ3n) is 2.59. The number of benzene rings is 1. The molecular formula is C14H24Mg. The fourth-order valence-electron chi connectivity index (χ4n) is 1.45. The minimum absolute atomic E-state index is 0. The summed E-state index contributed by atoms with van der Waals surface area (Å²) in [5.41, 5.74) is 3.34. The number of hydrogen-bond donors (Lipinski definition) is 0. The Labute approximate surface area is 114 Å². The van der Waals surface area contributed by atoms with Crippen molar-refractivity contribution in [3.8, 4) is 0 Å². The maximum absolute atomic E-state index is 2.33. The van der Waals surface area contributed by atoms with Gasteiger partial charge in [-0.2, -0.15) is 0 Å². The van der Waals surface area contributed by atoms with Crippen LogP contribution in [0.4, 0.5) is 0 Å². The van der Waals surface area contributed by atoms with E-state index in [1.165, 1.54) is 11.1 Å². The summed E-state index contributed by atoms with van der Waals surface area (Å²) in [4.78, 5) is 0. The molecule has 0 aromatic heterocycles. The molecule has 0 nitrogen and oxygen atoms in total. The third kappa shape index (κ3) is 4.16. The van der Waals surface area contributed by atoms with Gasteiger partial charge in [-0.25, -0.2) is 0 Å². The minimum atomic E-state index is 0. The predicted octanol–water partition coefficient (Wildman–Crippen LogP) is 4.13. The van der Waals surface area contributed by atoms with E-state index in [9.17, 15) is 0 Å². The van der Waals surface area contributed by atoms with Crippen molar-refractivity contribution in [3.63, 3.8) is 0 Å². The third-order valence-corrected chi connectivity index (χ3v) is 2.59. The Morgan fingerprint density at radius 1 is 0.800 bits per heavy atom. The second-order valence-electron chi connectivity index (χ2n) is 6.08. The van der Waals surface area contributed by atoms with E-state index in [2.05, 4.69) is 65.8 Å². The summed E-state index contributed by atoms with van der Waals surface area (Å²) >= 11 is 0. The summed E-state index contributed by atoms with van der Waals surface area (Å²) in [6, 6.07) is 8.94. The zero-order chi connectivity index (χ0) is 11.0. The summed E-state index contributed by atoms with van der Waals surface area (Å²) in [5.74, 6) is 0. The van der Waals surface area contributed by atoms with Crippen molar-refractivity contribution in [3.05, 3.63) is 35.4 Å². The standard InChI is InChI=1S/C14H22.Mg.2H/c1-13(2,3)11-8-7-9-12(10-11)14(4,5)6;;;/h7-10H,1-6H3;;;/q;+2;2*-1. The van der Waals surface area contributed by atoms with Gasteiger partial charge in [0.2, 0.25) is 0 Å². The van der Waals surface area contributed by atoms with Crippen molar-refractivity contribution in [2.24, 2.45) is 0 Å². The van der Waals surface area contributed by atoms with E-state index in [4.69, 9.17) is 0 Å². The van der Waals surface area contributed by atoms with E-state index < -0.39 is 0 Å². The SMILES string of the molecule is CC(C)(C)c1cccc(C(C)(C)C)c1.[H-].[H-].[Mg+2]. The maximum Gasteiger partial charge on any atom is 2.00 e. The van der Waals surface area contributed by atoms with Crippen molar-refractivity contribution >= 4 is 23.1 Å². The summed E-state index contributed by atoms with van der Waals surface area (Å²) in [6.07, 6.45) is 0. The van der Waals surface area contributed by atoms with Crippen LogP contribution in [0.25, 0.3) is 0 Å². The molecule has 0 unspecified atom stereocenters. The normalized spacial score (nSPS) is 12.1. The largest absolute Gasteiger partial charge is 2.00 e. The first kappa shape index (κ1) is 15.0. The quantitative estimate of drug-likeness (QED) is 0.572. The summed E-state index contributed by atoms with van der Waals surface area (Å²) in [5, 5.41) is 0. The molecule has 0 saturated carbocycles. The molecule has 0 aliphatic rings. The molecule has 0 spiro atoms. The zero-order valence-electron chi connectivity index (χ0n) is 13.0. The fourth-order valence-corrected chi connectivity index (χ4v) is 1.45. The molecule has 1 aromatic carbocycles. The average molecular weight is 217 g/mol. The van der Waals surface area contributed by atoms with Gasteiger partial charge in [-0.3, -0.25) is 0 Å². The van der Waals surface area contributed by atoms with Crippen LogP contribution in [0, 0.1) is 0 Å². The van der Waals surface area contributed by atoms with Crippen LogP contribution >= 0.6 is 0 Å². The smallest absolute Gasteiger partial charge is 1.00 e. The Hall–Kier alpha value is -0.0138. The van der Waals surface area contributed by atoms with E-state index in [-0.39, 0.29) is 36.7 Å². The van der Waals surface area contributed by atoms with Crippen molar-refractivity contribution in [2.45, 2.75) is 52.4 Å². The summed E-state index contributed by atoms with van der Waals surface area (Å²) in [6.45, 7) is 13.6. The van der Waals surface area contributed by atoms with Gasteiger partial charge in [0.05, 0.1) is 0 Å². The van der Waals surface area contributed by atoms with Gasteiger partial charge < -0.3 is 2.85 Å². The van der Waals surface area contributed by atoms with Crippen LogP contribution in [-0.4, -0.2) is 23.1 Å². The molecule has 0 N–H and O–H groups in total. The molecule has 0 fully saturated rings. The molecule has 0 aliphatic heterocycles. The Morgan fingerprint density at radius 3 is 1.40 bits per heavy atom. The molecule has 1 aromatic rings. The first-order chi connectivity index (χ1) is 6.21. The second kappa shape index (κ2) is 4.88. The second-order valence-corrected chi connectivity index (χ2v) is 6.08. The van der Waals surface area contributed by atoms with E-state index in [0.717, 1.165) is 0 Å². The summed E-state index contributed by atoms with van der Waals surface area (Å²) in [7, 11) is 0. The first-order valence-corrected chi connectivity index (χ1v) is 5.32. The van der Waals surface area contributed by atoms with Gasteiger partial charge in [-0.05, 0) is 22.0 Å². The predicted molar refractivity (Wildman–Crippen MR) is 71.8 cm³/mol. The molecule has 1 heteroatoms. The molecular weight excluding hydrogens is 192 g/mol. The van der Waals surface area contributed by atoms with Gasteiger partial charge in [-0.15, -0.1) is 0 Å². The van der Waals surface area contributed by atoms with Crippen molar-refractivity contribution in [1.29, 1.82) is 0 Å². The topological polar surface area (TPSA) is 0 Å². The van der Waals surface area contributed by atoms with Crippen LogP contribution in [0.1, 0.15) is 55.5 Å². The van der Waals surface area contributed by atoms with E-state index in [1.807, 2.05) is 0 Å². The van der Waals surface area contributed by atoms with Crippen LogP contribution < -0.4 is 0 Å². The van der Waals surface area contributed by atoms with Crippen LogP contribution in [0.5, 0.6) is 0 Å². The monoisotopic (exact) mass is 216 g/mol. The van der Waals surface area contributed by atoms with Gasteiger partial charge in [-0.1, -0.05) is 65.8 Å². The molecule has 15 heavy (non-hydrogen) atoms. The van der Waals surface area contributed by atoms with E-state index in [1.54, 1.807) is 0 Å². The van der Waals surface area contributed by atoms with Crippen molar-refractivity contribution < 1.29 is 2.85 Å². The van der Waals surface area contributed by atoms with Gasteiger partial charge in [0.1, 0.15) is 0 Å². The molecule has 0 heterocycles. The molecule has 0 aliphatic carbocycles. The van der Waals surface area contributed by atoms with Crippen molar-refractivity contribution in [2.75, 3.05) is 0 Å². The van der Waals surface area contributed by atoms with Gasteiger partial charge in [0.15, 0.2) is 0 Å². The Balaban J connectivity index is -0.000000653. The van der Waals surface area contributed by atoms with Gasteiger partial charge in [0, 0.05) is 0 Å². The fraction of sp³-hybridized carbons (Fsp3) is 0.571. The van der Waals surface area contributed by atoms with Crippen molar-refractivity contribution in [1.82, 2.24) is 0 Å². The van der Waals surface area contributed by atoms with Crippen LogP contribution in [0.2, 0.25) is 0 Å². The molecule has 0 radical (unpaired) electrons. The Kier molecular flexibility index (Phi) is 4.87. The minimum Gasteiger partial charge on any atom is -1.00 e. The van der Waals surface area contributed by atoms with E-state index >= 15 is 0 Å². The first-order valence-electron chi connectivity index (χ1n) is 5.32. The number of hydrogen-bond acceptors (Lipinski definition) is 0. The zero-order valence-corrected chi connectivity index (χ0v) is 12.4. The molecule has 0 saturated heterocycles. The van der Waals surface area contributed by atoms with Crippen LogP contribution in [0.3, 0.4) is 0 Å². The molecule has 0 amide bonds. The molecule has 0 bridgehead atoms. The van der Waals surface area contributed by atoms with Gasteiger partial charge >= 0.3 is 23.1 Å². The maximum atomic E-state index is 2.33. The molecule has 0 atom stereocenters. The van der Waals surface area contributed by atoms with Gasteiger partial charge in [0.25, 0.3) is 0 Å². The number of rotatable bonds is 0. The van der Waals surface area contributed by atoms with E-state index in [0.29, 0.717) is 0 Å². The Bertz CT molecular complexity index is 292. The van der Waals surface area contributed by atoms with Crippen LogP contribution in [0.15, 0.2) is 24.3 Å². The Morgan fingerprint density at radius 2 is 1.13 bits per heavy atom. The van der Waals surface area contributed by atoms with Crippen LogP contribution in [-0.2, 0) is 10.8 Å².